The van der Waals surface area contributed by atoms with Gasteiger partial charge in [-0.2, -0.15) is 0 Å². The Morgan fingerprint density at radius 3 is 2.73 bits per heavy atom. The minimum absolute atomic E-state index is 0.731. The van der Waals surface area contributed by atoms with E-state index in [-0.39, 0.29) is 0 Å². The van der Waals surface area contributed by atoms with Crippen LogP contribution < -0.4 is 0 Å². The van der Waals surface area contributed by atoms with E-state index >= 15 is 0 Å². The molecular formula is C13H18N2. The van der Waals surface area contributed by atoms with Crippen molar-refractivity contribution >= 4 is 11.4 Å². The van der Waals surface area contributed by atoms with Gasteiger partial charge in [-0.1, -0.05) is 6.92 Å². The maximum Gasteiger partial charge on any atom is 0.0841 e. The van der Waals surface area contributed by atoms with E-state index in [4.69, 9.17) is 0 Å². The summed E-state index contributed by atoms with van der Waals surface area (Å²) in [5.74, 6) is 0.731. The molecule has 0 atom stereocenters. The van der Waals surface area contributed by atoms with Crippen LogP contribution in [-0.2, 0) is 0 Å². The van der Waals surface area contributed by atoms with Crippen molar-refractivity contribution < 1.29 is 0 Å². The third-order valence-corrected chi connectivity index (χ3v) is 2.90. The number of aliphatic imine (C=N–C) groups is 1. The molecular weight excluding hydrogens is 184 g/mol. The van der Waals surface area contributed by atoms with Gasteiger partial charge in [-0.15, -0.1) is 0 Å². The van der Waals surface area contributed by atoms with Crippen molar-refractivity contribution in [3.8, 4) is 0 Å². The minimum Gasteiger partial charge on any atom is -0.256 e. The molecule has 0 unspecified atom stereocenters. The lowest BCUT2D eigenvalue weighted by atomic mass is 10.2. The molecule has 1 fully saturated rings. The van der Waals surface area contributed by atoms with Crippen LogP contribution in [0.25, 0.3) is 0 Å². The van der Waals surface area contributed by atoms with Crippen LogP contribution in [0.4, 0.5) is 5.69 Å². The summed E-state index contributed by atoms with van der Waals surface area (Å²) in [6.07, 6.45) is 3.62. The SMILES string of the molecule is CCC(C)=Nc1ccc(C2CC2)nc1C. The molecule has 15 heavy (non-hydrogen) atoms. The molecule has 0 saturated heterocycles. The van der Waals surface area contributed by atoms with Crippen LogP contribution >= 0.6 is 0 Å². The molecule has 0 bridgehead atoms. The van der Waals surface area contributed by atoms with Crippen molar-refractivity contribution in [1.82, 2.24) is 4.98 Å². The zero-order chi connectivity index (χ0) is 10.8. The van der Waals surface area contributed by atoms with Crippen molar-refractivity contribution in [3.05, 3.63) is 23.5 Å². The molecule has 1 aliphatic carbocycles. The molecule has 1 saturated carbocycles. The summed E-state index contributed by atoms with van der Waals surface area (Å²) in [6.45, 7) is 6.24. The largest absolute Gasteiger partial charge is 0.256 e. The van der Waals surface area contributed by atoms with Gasteiger partial charge in [0.05, 0.1) is 11.4 Å². The molecule has 2 nitrogen and oxygen atoms in total. The predicted octanol–water partition coefficient (Wildman–Crippen LogP) is 3.77. The molecule has 1 aliphatic rings. The number of rotatable bonds is 3. The first-order valence-corrected chi connectivity index (χ1v) is 5.72. The highest BCUT2D eigenvalue weighted by Gasteiger charge is 2.25. The maximum atomic E-state index is 4.62. The van der Waals surface area contributed by atoms with Crippen molar-refractivity contribution in [2.45, 2.75) is 46.0 Å². The fraction of sp³-hybridized carbons (Fsp3) is 0.538. The number of hydrogen-bond donors (Lipinski definition) is 0. The Hall–Kier alpha value is -1.18. The summed E-state index contributed by atoms with van der Waals surface area (Å²) in [7, 11) is 0. The first-order valence-electron chi connectivity index (χ1n) is 5.72. The molecule has 2 rings (SSSR count). The summed E-state index contributed by atoms with van der Waals surface area (Å²) < 4.78 is 0. The molecule has 1 aromatic rings. The number of pyridine rings is 1. The quantitative estimate of drug-likeness (QED) is 0.685. The van der Waals surface area contributed by atoms with Gasteiger partial charge >= 0.3 is 0 Å². The molecule has 1 heterocycles. The van der Waals surface area contributed by atoms with Crippen LogP contribution in [0, 0.1) is 6.92 Å². The Bertz CT molecular complexity index is 390. The smallest absolute Gasteiger partial charge is 0.0841 e. The zero-order valence-corrected chi connectivity index (χ0v) is 9.75. The predicted molar refractivity (Wildman–Crippen MR) is 64.0 cm³/mol. The first-order chi connectivity index (χ1) is 7.20. The van der Waals surface area contributed by atoms with E-state index in [1.165, 1.54) is 24.2 Å². The molecule has 0 spiro atoms. The Morgan fingerprint density at radius 1 is 1.47 bits per heavy atom. The highest BCUT2D eigenvalue weighted by Crippen LogP contribution is 2.39. The average molecular weight is 202 g/mol. The molecule has 0 aromatic carbocycles. The van der Waals surface area contributed by atoms with Crippen LogP contribution in [0.2, 0.25) is 0 Å². The number of aromatic nitrogens is 1. The second-order valence-corrected chi connectivity index (χ2v) is 4.32. The average Bonchev–Trinajstić information content (AvgIpc) is 3.04. The van der Waals surface area contributed by atoms with Gasteiger partial charge in [0.15, 0.2) is 0 Å². The molecule has 0 N–H and O–H groups in total. The summed E-state index contributed by atoms with van der Waals surface area (Å²) in [5.41, 5.74) is 4.51. The van der Waals surface area contributed by atoms with Crippen LogP contribution in [0.3, 0.4) is 0 Å². The Balaban J connectivity index is 2.26. The fourth-order valence-electron chi connectivity index (χ4n) is 1.58. The number of aryl methyl sites for hydroxylation is 1. The number of hydrogen-bond acceptors (Lipinski definition) is 2. The molecule has 2 heteroatoms. The lowest BCUT2D eigenvalue weighted by Crippen LogP contribution is -1.92. The van der Waals surface area contributed by atoms with Gasteiger partial charge in [0, 0.05) is 17.3 Å². The second kappa shape index (κ2) is 4.13. The fourth-order valence-corrected chi connectivity index (χ4v) is 1.58. The van der Waals surface area contributed by atoms with Gasteiger partial charge in [0.25, 0.3) is 0 Å². The summed E-state index contributed by atoms with van der Waals surface area (Å²) in [6, 6.07) is 4.24. The van der Waals surface area contributed by atoms with E-state index in [0.29, 0.717) is 0 Å². The van der Waals surface area contributed by atoms with E-state index < -0.39 is 0 Å². The Kier molecular flexibility index (Phi) is 2.85. The van der Waals surface area contributed by atoms with Crippen molar-refractivity contribution in [3.63, 3.8) is 0 Å². The van der Waals surface area contributed by atoms with Crippen LogP contribution in [0.5, 0.6) is 0 Å². The van der Waals surface area contributed by atoms with Crippen molar-refractivity contribution in [1.29, 1.82) is 0 Å². The van der Waals surface area contributed by atoms with E-state index in [1.807, 2.05) is 6.92 Å². The maximum absolute atomic E-state index is 4.62. The highest BCUT2D eigenvalue weighted by molar-refractivity contribution is 5.84. The van der Waals surface area contributed by atoms with Crippen LogP contribution in [-0.4, -0.2) is 10.7 Å². The van der Waals surface area contributed by atoms with E-state index in [2.05, 4.69) is 36.0 Å². The first kappa shape index (κ1) is 10.3. The topological polar surface area (TPSA) is 25.2 Å². The zero-order valence-electron chi connectivity index (χ0n) is 9.75. The van der Waals surface area contributed by atoms with Crippen molar-refractivity contribution in [2.24, 2.45) is 4.99 Å². The molecule has 80 valence electrons. The standard InChI is InChI=1S/C13H18N2/c1-4-9(2)14-12-7-8-13(11-5-6-11)15-10(12)3/h7-8,11H,4-6H2,1-3H3. The van der Waals surface area contributed by atoms with Gasteiger partial charge in [0.2, 0.25) is 0 Å². The minimum atomic E-state index is 0.731. The van der Waals surface area contributed by atoms with Gasteiger partial charge in [-0.3, -0.25) is 9.98 Å². The third-order valence-electron chi connectivity index (χ3n) is 2.90. The van der Waals surface area contributed by atoms with Gasteiger partial charge < -0.3 is 0 Å². The summed E-state index contributed by atoms with van der Waals surface area (Å²) >= 11 is 0. The Labute approximate surface area is 91.5 Å². The molecule has 0 amide bonds. The molecule has 0 aliphatic heterocycles. The monoisotopic (exact) mass is 202 g/mol. The summed E-state index contributed by atoms with van der Waals surface area (Å²) in [5, 5.41) is 0. The normalized spacial score (nSPS) is 16.9. The van der Waals surface area contributed by atoms with E-state index in [1.54, 1.807) is 0 Å². The molecule has 1 aromatic heterocycles. The van der Waals surface area contributed by atoms with Gasteiger partial charge in [-0.05, 0) is 45.2 Å². The number of nitrogens with zero attached hydrogens (tertiary/aromatic N) is 2. The van der Waals surface area contributed by atoms with Gasteiger partial charge in [0.1, 0.15) is 0 Å². The van der Waals surface area contributed by atoms with Gasteiger partial charge in [-0.25, -0.2) is 0 Å². The lowest BCUT2D eigenvalue weighted by molar-refractivity contribution is 0.993. The summed E-state index contributed by atoms with van der Waals surface area (Å²) in [4.78, 5) is 9.17. The highest BCUT2D eigenvalue weighted by atomic mass is 14.8. The second-order valence-electron chi connectivity index (χ2n) is 4.32. The van der Waals surface area contributed by atoms with Crippen LogP contribution in [0.15, 0.2) is 17.1 Å². The Morgan fingerprint density at radius 2 is 2.20 bits per heavy atom. The third kappa shape index (κ3) is 2.44. The van der Waals surface area contributed by atoms with Crippen LogP contribution in [0.1, 0.15) is 50.4 Å². The van der Waals surface area contributed by atoms with E-state index in [9.17, 15) is 0 Å². The van der Waals surface area contributed by atoms with Crippen molar-refractivity contribution in [2.75, 3.05) is 0 Å². The van der Waals surface area contributed by atoms with E-state index in [0.717, 1.165) is 23.7 Å². The molecule has 0 radical (unpaired) electrons. The lowest BCUT2D eigenvalue weighted by Gasteiger charge is -2.04.